The molecule has 0 saturated heterocycles. The van der Waals surface area contributed by atoms with E-state index in [4.69, 9.17) is 34.8 Å². The van der Waals surface area contributed by atoms with Gasteiger partial charge in [-0.1, -0.05) is 34.8 Å². The second-order valence-electron chi connectivity index (χ2n) is 3.76. The molecule has 0 aliphatic carbocycles. The van der Waals surface area contributed by atoms with Gasteiger partial charge in [-0.2, -0.15) is 0 Å². The Labute approximate surface area is 136 Å². The minimum Gasteiger partial charge on any atom is -0.226 e. The summed E-state index contributed by atoms with van der Waals surface area (Å²) in [6, 6.07) is 5.28. The Morgan fingerprint density at radius 2 is 1.84 bits per heavy atom. The fourth-order valence-electron chi connectivity index (χ4n) is 1.68. The summed E-state index contributed by atoms with van der Waals surface area (Å²) < 4.78 is 1.00. The summed E-state index contributed by atoms with van der Waals surface area (Å²) in [7, 11) is 0. The Kier molecular flexibility index (Phi) is 3.71. The van der Waals surface area contributed by atoms with Crippen LogP contribution in [-0.2, 0) is 0 Å². The van der Waals surface area contributed by atoms with Crippen LogP contribution in [0, 0.1) is 0 Å². The summed E-state index contributed by atoms with van der Waals surface area (Å²) in [5.74, 6) is 0.545. The van der Waals surface area contributed by atoms with Crippen molar-refractivity contribution >= 4 is 73.0 Å². The van der Waals surface area contributed by atoms with E-state index in [1.54, 1.807) is 23.5 Å². The molecule has 0 N–H and O–H groups in total. The van der Waals surface area contributed by atoms with E-state index in [9.17, 15) is 0 Å². The van der Waals surface area contributed by atoms with Crippen molar-refractivity contribution in [2.75, 3.05) is 0 Å². The van der Waals surface area contributed by atoms with E-state index in [-0.39, 0.29) is 0 Å². The summed E-state index contributed by atoms with van der Waals surface area (Å²) in [5, 5.41) is 3.91. The molecule has 0 saturated carbocycles. The van der Waals surface area contributed by atoms with Gasteiger partial charge in [0.25, 0.3) is 0 Å². The molecule has 96 valence electrons. The van der Waals surface area contributed by atoms with Crippen LogP contribution in [-0.4, -0.2) is 9.97 Å². The minimum absolute atomic E-state index is 0.340. The number of rotatable bonds is 1. The van der Waals surface area contributed by atoms with Crippen LogP contribution in [0.5, 0.6) is 0 Å². The van der Waals surface area contributed by atoms with Gasteiger partial charge in [0.15, 0.2) is 5.82 Å². The Balaban J connectivity index is 2.30. The first-order valence-corrected chi connectivity index (χ1v) is 7.92. The molecule has 0 aliphatic rings. The summed E-state index contributed by atoms with van der Waals surface area (Å²) in [4.78, 5) is 8.75. The van der Waals surface area contributed by atoms with Crippen LogP contribution in [0.3, 0.4) is 0 Å². The fourth-order valence-corrected chi connectivity index (χ4v) is 3.57. The maximum atomic E-state index is 6.19. The summed E-state index contributed by atoms with van der Waals surface area (Å²) in [5.41, 5.74) is 1.50. The molecule has 1 aromatic carbocycles. The third-order valence-corrected chi connectivity index (χ3v) is 4.80. The largest absolute Gasteiger partial charge is 0.226 e. The van der Waals surface area contributed by atoms with Crippen LogP contribution in [0.4, 0.5) is 0 Å². The predicted octanol–water partition coefficient (Wildman–Crippen LogP) is 6.08. The van der Waals surface area contributed by atoms with E-state index < -0.39 is 0 Å². The van der Waals surface area contributed by atoms with Crippen molar-refractivity contribution < 1.29 is 0 Å². The zero-order chi connectivity index (χ0) is 13.6. The fraction of sp³-hybridized carbons (Fsp3) is 0. The molecule has 0 radical (unpaired) electrons. The van der Waals surface area contributed by atoms with E-state index in [0.29, 0.717) is 31.9 Å². The number of hydrogen-bond donors (Lipinski definition) is 0. The van der Waals surface area contributed by atoms with E-state index in [0.717, 1.165) is 9.35 Å². The first-order valence-electron chi connectivity index (χ1n) is 5.11. The minimum atomic E-state index is 0.340. The van der Waals surface area contributed by atoms with Crippen LogP contribution in [0.15, 0.2) is 27.4 Å². The number of hydrogen-bond acceptors (Lipinski definition) is 3. The molecule has 2 aromatic heterocycles. The highest BCUT2D eigenvalue weighted by Gasteiger charge is 2.12. The molecule has 0 aliphatic heterocycles. The lowest BCUT2D eigenvalue weighted by Crippen LogP contribution is -1.91. The Morgan fingerprint density at radius 1 is 1.05 bits per heavy atom. The molecule has 0 spiro atoms. The molecule has 0 amide bonds. The molecule has 3 aromatic rings. The Hall–Kier alpha value is -0.390. The Morgan fingerprint density at radius 3 is 2.53 bits per heavy atom. The van der Waals surface area contributed by atoms with Crippen LogP contribution >= 0.6 is 62.1 Å². The molecular formula is C12H4BrCl3N2S. The van der Waals surface area contributed by atoms with E-state index in [1.165, 1.54) is 0 Å². The second-order valence-corrected chi connectivity index (χ2v) is 7.25. The number of benzene rings is 1. The van der Waals surface area contributed by atoms with Crippen molar-refractivity contribution in [2.45, 2.75) is 0 Å². The smallest absolute Gasteiger partial charge is 0.162 e. The zero-order valence-corrected chi connectivity index (χ0v) is 13.8. The maximum Gasteiger partial charge on any atom is 0.162 e. The molecule has 3 rings (SSSR count). The van der Waals surface area contributed by atoms with Crippen molar-refractivity contribution in [1.82, 2.24) is 9.97 Å². The number of fused-ring (bicyclic) bond motifs is 1. The van der Waals surface area contributed by atoms with Gasteiger partial charge in [-0.3, -0.25) is 0 Å². The number of aromatic nitrogens is 2. The van der Waals surface area contributed by atoms with Crippen molar-refractivity contribution in [3.8, 4) is 11.4 Å². The van der Waals surface area contributed by atoms with Crippen molar-refractivity contribution in [1.29, 1.82) is 0 Å². The predicted molar refractivity (Wildman–Crippen MR) is 85.6 cm³/mol. The van der Waals surface area contributed by atoms with Gasteiger partial charge in [0.2, 0.25) is 0 Å². The topological polar surface area (TPSA) is 25.8 Å². The zero-order valence-electron chi connectivity index (χ0n) is 9.12. The van der Waals surface area contributed by atoms with E-state index in [1.807, 2.05) is 11.4 Å². The van der Waals surface area contributed by atoms with Crippen molar-refractivity contribution in [2.24, 2.45) is 0 Å². The molecule has 0 atom stereocenters. The highest BCUT2D eigenvalue weighted by atomic mass is 79.9. The average Bonchev–Trinajstić information content (AvgIpc) is 2.77. The van der Waals surface area contributed by atoms with Crippen LogP contribution in [0.2, 0.25) is 15.2 Å². The highest BCUT2D eigenvalue weighted by molar-refractivity contribution is 9.11. The number of thiophene rings is 1. The monoisotopic (exact) mass is 392 g/mol. The van der Waals surface area contributed by atoms with Gasteiger partial charge in [-0.05, 0) is 34.1 Å². The summed E-state index contributed by atoms with van der Waals surface area (Å²) in [6.45, 7) is 0. The van der Waals surface area contributed by atoms with Crippen LogP contribution in [0.1, 0.15) is 0 Å². The molecule has 2 heterocycles. The van der Waals surface area contributed by atoms with Crippen LogP contribution < -0.4 is 0 Å². The molecule has 2 nitrogen and oxygen atoms in total. The molecule has 0 unspecified atom stereocenters. The highest BCUT2D eigenvalue weighted by Crippen LogP contribution is 2.33. The summed E-state index contributed by atoms with van der Waals surface area (Å²) in [6.07, 6.45) is 0. The van der Waals surface area contributed by atoms with Crippen molar-refractivity contribution in [3.05, 3.63) is 42.6 Å². The maximum absolute atomic E-state index is 6.19. The van der Waals surface area contributed by atoms with Crippen LogP contribution in [0.25, 0.3) is 22.3 Å². The van der Waals surface area contributed by atoms with Gasteiger partial charge in [0.1, 0.15) is 5.15 Å². The third-order valence-electron chi connectivity index (χ3n) is 2.50. The summed E-state index contributed by atoms with van der Waals surface area (Å²) >= 11 is 23.3. The van der Waals surface area contributed by atoms with Gasteiger partial charge in [-0.15, -0.1) is 11.3 Å². The van der Waals surface area contributed by atoms with Gasteiger partial charge in [-0.25, -0.2) is 9.97 Å². The normalized spacial score (nSPS) is 11.2. The van der Waals surface area contributed by atoms with Gasteiger partial charge >= 0.3 is 0 Å². The van der Waals surface area contributed by atoms with Gasteiger partial charge in [0.05, 0.1) is 14.3 Å². The lowest BCUT2D eigenvalue weighted by molar-refractivity contribution is 1.23. The molecule has 7 heteroatoms. The standard InChI is InChI=1S/C12H4BrCl3N2S/c13-9-1-5(4-19-9)12-17-10-7(11(16)18-12)2-6(14)3-8(10)15/h1-4H. The average molecular weight is 395 g/mol. The number of halogens is 4. The number of nitrogens with zero attached hydrogens (tertiary/aromatic N) is 2. The quantitative estimate of drug-likeness (QED) is 0.467. The second kappa shape index (κ2) is 5.19. The molecule has 0 bridgehead atoms. The van der Waals surface area contributed by atoms with Crippen molar-refractivity contribution in [3.63, 3.8) is 0 Å². The lowest BCUT2D eigenvalue weighted by Gasteiger charge is -2.05. The third kappa shape index (κ3) is 2.60. The first-order chi connectivity index (χ1) is 9.04. The van der Waals surface area contributed by atoms with Gasteiger partial charge in [0, 0.05) is 21.4 Å². The molecule has 0 fully saturated rings. The SMILES string of the molecule is Clc1cc(Cl)c2nc(-c3csc(Br)c3)nc(Cl)c2c1. The first kappa shape index (κ1) is 13.6. The molecule has 19 heavy (non-hydrogen) atoms. The van der Waals surface area contributed by atoms with Gasteiger partial charge < -0.3 is 0 Å². The van der Waals surface area contributed by atoms with E-state index in [2.05, 4.69) is 25.9 Å². The Bertz CT molecular complexity index is 788. The molecular weight excluding hydrogens is 390 g/mol. The van der Waals surface area contributed by atoms with E-state index >= 15 is 0 Å². The lowest BCUT2D eigenvalue weighted by atomic mass is 10.2.